The molecule has 5 amide bonds. The van der Waals surface area contributed by atoms with E-state index >= 15 is 0 Å². The maximum absolute atomic E-state index is 13.4. The van der Waals surface area contributed by atoms with Gasteiger partial charge in [-0.1, -0.05) is 11.6 Å². The Balaban J connectivity index is 0.740. The smallest absolute Gasteiger partial charge is 0.262 e. The van der Waals surface area contributed by atoms with Gasteiger partial charge in [-0.15, -0.1) is 0 Å². The predicted molar refractivity (Wildman–Crippen MR) is 215 cm³/mol. The van der Waals surface area contributed by atoms with Crippen LogP contribution in [0.1, 0.15) is 75.7 Å². The minimum Gasteiger partial charge on any atom is -0.371 e. The lowest BCUT2D eigenvalue weighted by Crippen LogP contribution is -2.64. The molecule has 294 valence electrons. The number of rotatable bonds is 6. The summed E-state index contributed by atoms with van der Waals surface area (Å²) in [7, 11) is 0. The number of fused-ring (bicyclic) bond motifs is 1. The zero-order valence-corrected chi connectivity index (χ0v) is 32.7. The zero-order valence-electron chi connectivity index (χ0n) is 32.0. The molecule has 0 radical (unpaired) electrons. The van der Waals surface area contributed by atoms with E-state index in [1.54, 1.807) is 12.1 Å². The Labute approximate surface area is 336 Å². The van der Waals surface area contributed by atoms with Crippen LogP contribution < -0.4 is 20.0 Å². The summed E-state index contributed by atoms with van der Waals surface area (Å²) >= 11 is 6.37. The molecule has 6 aliphatic rings. The van der Waals surface area contributed by atoms with Crippen LogP contribution in [0.3, 0.4) is 0 Å². The first-order valence-electron chi connectivity index (χ1n) is 20.0. The van der Waals surface area contributed by atoms with Crippen LogP contribution in [0, 0.1) is 16.7 Å². The molecule has 14 heteroatoms. The van der Waals surface area contributed by atoms with E-state index in [9.17, 15) is 29.2 Å². The van der Waals surface area contributed by atoms with Crippen molar-refractivity contribution in [2.24, 2.45) is 5.41 Å². The molecule has 5 fully saturated rings. The Bertz CT molecular complexity index is 2200. The molecule has 3 aromatic rings. The molecular formula is C43H45ClN8O5. The number of likely N-dealkylation sites (tertiary alicyclic amines) is 1. The van der Waals surface area contributed by atoms with Gasteiger partial charge in [-0.2, -0.15) is 5.26 Å². The van der Waals surface area contributed by atoms with Gasteiger partial charge in [0.25, 0.3) is 17.7 Å². The summed E-state index contributed by atoms with van der Waals surface area (Å²) in [6.07, 6.45) is 3.54. The summed E-state index contributed by atoms with van der Waals surface area (Å²) in [5.74, 6) is -1.96. The molecule has 0 saturated carbocycles. The zero-order chi connectivity index (χ0) is 39.6. The van der Waals surface area contributed by atoms with E-state index in [0.717, 1.165) is 87.0 Å². The average molecular weight is 789 g/mol. The average Bonchev–Trinajstić information content (AvgIpc) is 3.65. The number of halogens is 1. The van der Waals surface area contributed by atoms with Crippen molar-refractivity contribution in [2.45, 2.75) is 57.2 Å². The number of hydrogen-bond donors (Lipinski definition) is 1. The normalized spacial score (nSPS) is 23.8. The van der Waals surface area contributed by atoms with E-state index in [1.165, 1.54) is 0 Å². The molecule has 9 rings (SSSR count). The van der Waals surface area contributed by atoms with Crippen LogP contribution in [0.4, 0.5) is 17.1 Å². The minimum absolute atomic E-state index is 0.0562. The van der Waals surface area contributed by atoms with E-state index in [0.29, 0.717) is 41.3 Å². The van der Waals surface area contributed by atoms with Crippen molar-refractivity contribution in [3.63, 3.8) is 0 Å². The topological polar surface area (TPSA) is 141 Å². The number of piperidine rings is 2. The number of nitrogens with one attached hydrogen (secondary N) is 1. The quantitative estimate of drug-likeness (QED) is 0.363. The van der Waals surface area contributed by atoms with Crippen molar-refractivity contribution in [3.8, 4) is 6.07 Å². The number of benzene rings is 3. The molecular weight excluding hydrogens is 744 g/mol. The van der Waals surface area contributed by atoms with Gasteiger partial charge in [-0.05, 0) is 98.7 Å². The van der Waals surface area contributed by atoms with Crippen molar-refractivity contribution in [1.29, 1.82) is 5.26 Å². The number of nitrogens with zero attached hydrogens (tertiary/aromatic N) is 7. The molecule has 0 bridgehead atoms. The Kier molecular flexibility index (Phi) is 9.44. The number of hydrogen-bond acceptors (Lipinski definition) is 10. The van der Waals surface area contributed by atoms with Gasteiger partial charge < -0.3 is 19.6 Å². The second kappa shape index (κ2) is 14.5. The van der Waals surface area contributed by atoms with E-state index in [-0.39, 0.29) is 35.3 Å². The number of nitriles is 1. The number of anilines is 3. The van der Waals surface area contributed by atoms with Gasteiger partial charge in [0.15, 0.2) is 0 Å². The lowest BCUT2D eigenvalue weighted by molar-refractivity contribution is -0.136. The van der Waals surface area contributed by atoms with E-state index in [1.807, 2.05) is 41.3 Å². The first kappa shape index (κ1) is 37.1. The minimum atomic E-state index is -0.984. The van der Waals surface area contributed by atoms with Crippen LogP contribution in [0.5, 0.6) is 0 Å². The number of imide groups is 2. The van der Waals surface area contributed by atoms with E-state index in [2.05, 4.69) is 50.0 Å². The maximum atomic E-state index is 13.4. The van der Waals surface area contributed by atoms with Crippen molar-refractivity contribution >= 4 is 58.2 Å². The van der Waals surface area contributed by atoms with Crippen LogP contribution in [0.25, 0.3) is 0 Å². The van der Waals surface area contributed by atoms with Gasteiger partial charge in [-0.3, -0.25) is 39.1 Å². The third-order valence-electron chi connectivity index (χ3n) is 13.2. The van der Waals surface area contributed by atoms with Crippen LogP contribution in [0.15, 0.2) is 60.7 Å². The Hall–Kier alpha value is -5.45. The fourth-order valence-electron chi connectivity index (χ4n) is 9.89. The molecule has 1 spiro atoms. The third kappa shape index (κ3) is 6.68. The highest BCUT2D eigenvalue weighted by molar-refractivity contribution is 6.32. The van der Waals surface area contributed by atoms with Crippen molar-refractivity contribution < 1.29 is 24.0 Å². The Morgan fingerprint density at radius 3 is 2.18 bits per heavy atom. The van der Waals surface area contributed by atoms with E-state index < -0.39 is 29.7 Å². The molecule has 3 aromatic carbocycles. The van der Waals surface area contributed by atoms with Crippen LogP contribution in [-0.2, 0) is 9.59 Å². The molecule has 0 aliphatic carbocycles. The lowest BCUT2D eigenvalue weighted by atomic mass is 9.76. The summed E-state index contributed by atoms with van der Waals surface area (Å²) in [6.45, 7) is 9.67. The largest absolute Gasteiger partial charge is 0.371 e. The molecule has 6 aliphatic heterocycles. The molecule has 57 heavy (non-hydrogen) atoms. The van der Waals surface area contributed by atoms with Gasteiger partial charge in [0.1, 0.15) is 12.1 Å². The third-order valence-corrected chi connectivity index (χ3v) is 13.6. The monoisotopic (exact) mass is 788 g/mol. The van der Waals surface area contributed by atoms with Crippen LogP contribution in [0.2, 0.25) is 5.02 Å². The first-order valence-corrected chi connectivity index (χ1v) is 20.3. The SMILES string of the molecule is C[C@H]1CC2(CCN(c3ccc(C(=O)N4CC(N5CCN(c6ccc7c(c6)C(=O)N(C6CCC(=O)NC6=O)C7=O)CC5)C4)cc3)CC2)CN1c1ccc(C#N)c(Cl)c1. The molecule has 0 aromatic heterocycles. The van der Waals surface area contributed by atoms with Gasteiger partial charge in [0.2, 0.25) is 11.8 Å². The fourth-order valence-corrected chi connectivity index (χ4v) is 10.1. The Morgan fingerprint density at radius 1 is 0.825 bits per heavy atom. The predicted octanol–water partition coefficient (Wildman–Crippen LogP) is 4.14. The standard InChI is InChI=1S/C43H45ClN8O5/c1-27-22-43(26-51(27)32-7-4-29(23-45)36(44)21-32)12-14-47(15-13-43)30-5-2-28(3-6-30)40(55)50-24-33(25-50)49-18-16-48(17-19-49)31-8-9-34-35(20-31)42(57)52(41(34)56)37-10-11-38(53)46-39(37)54/h2-9,20-21,27,33,37H,10-19,22,24-26H2,1H3,(H,46,53,54)/t27-,37?/m0/s1. The lowest BCUT2D eigenvalue weighted by Gasteiger charge is -2.48. The van der Waals surface area contributed by atoms with Gasteiger partial charge in [0, 0.05) is 100 Å². The number of carbonyl (C=O) groups is 5. The molecule has 6 heterocycles. The molecule has 2 atom stereocenters. The molecule has 13 nitrogen and oxygen atoms in total. The highest BCUT2D eigenvalue weighted by Gasteiger charge is 2.46. The maximum Gasteiger partial charge on any atom is 0.262 e. The van der Waals surface area contributed by atoms with Crippen molar-refractivity contribution in [2.75, 3.05) is 73.6 Å². The second-order valence-corrected chi connectivity index (χ2v) is 17.0. The highest BCUT2D eigenvalue weighted by Crippen LogP contribution is 2.46. The number of piperazine rings is 1. The van der Waals surface area contributed by atoms with Crippen LogP contribution >= 0.6 is 11.6 Å². The Morgan fingerprint density at radius 2 is 1.49 bits per heavy atom. The summed E-state index contributed by atoms with van der Waals surface area (Å²) < 4.78 is 0. The molecule has 1 unspecified atom stereocenters. The van der Waals surface area contributed by atoms with Crippen LogP contribution in [-0.4, -0.2) is 121 Å². The first-order chi connectivity index (χ1) is 27.5. The summed E-state index contributed by atoms with van der Waals surface area (Å²) in [4.78, 5) is 76.3. The summed E-state index contributed by atoms with van der Waals surface area (Å²) in [5.41, 5.74) is 5.10. The van der Waals surface area contributed by atoms with Crippen molar-refractivity contribution in [3.05, 3.63) is 87.9 Å². The highest BCUT2D eigenvalue weighted by atomic mass is 35.5. The van der Waals surface area contributed by atoms with E-state index in [4.69, 9.17) is 11.6 Å². The van der Waals surface area contributed by atoms with Crippen molar-refractivity contribution in [1.82, 2.24) is 20.0 Å². The second-order valence-electron chi connectivity index (χ2n) is 16.6. The van der Waals surface area contributed by atoms with Gasteiger partial charge in [0.05, 0.1) is 21.7 Å². The molecule has 5 saturated heterocycles. The fraction of sp³-hybridized carbons (Fsp3) is 0.442. The number of amides is 5. The summed E-state index contributed by atoms with van der Waals surface area (Å²) in [6, 6.07) is 20.9. The van der Waals surface area contributed by atoms with Gasteiger partial charge in [-0.25, -0.2) is 0 Å². The molecule has 1 N–H and O–H groups in total. The number of carbonyl (C=O) groups excluding carboxylic acids is 5. The van der Waals surface area contributed by atoms with Gasteiger partial charge >= 0.3 is 0 Å². The summed E-state index contributed by atoms with van der Waals surface area (Å²) in [5, 5.41) is 12.0.